The van der Waals surface area contributed by atoms with Crippen LogP contribution in [0.4, 0.5) is 14.5 Å². The highest BCUT2D eigenvalue weighted by atomic mass is 19.1. The molecule has 3 aromatic carbocycles. The molecule has 2 aliphatic heterocycles. The van der Waals surface area contributed by atoms with Gasteiger partial charge in [-0.1, -0.05) is 24.3 Å². The third kappa shape index (κ3) is 5.85. The minimum absolute atomic E-state index is 0.0390. The molecule has 5 rings (SSSR count). The Morgan fingerprint density at radius 2 is 1.48 bits per heavy atom. The molecule has 0 aromatic heterocycles. The van der Waals surface area contributed by atoms with Gasteiger partial charge in [0.1, 0.15) is 35.7 Å². The van der Waals surface area contributed by atoms with Crippen LogP contribution in [0.15, 0.2) is 72.8 Å². The zero-order valence-corrected chi connectivity index (χ0v) is 22.0. The molecule has 222 valence electrons. The van der Waals surface area contributed by atoms with Crippen LogP contribution in [0, 0.1) is 17.6 Å². The van der Waals surface area contributed by atoms with E-state index >= 15 is 0 Å². The Hall–Kier alpha value is -3.94. The summed E-state index contributed by atoms with van der Waals surface area (Å²) in [5.74, 6) is -3.36. The Morgan fingerprint density at radius 3 is 2.07 bits per heavy atom. The predicted octanol–water partition coefficient (Wildman–Crippen LogP) is 2.80. The molecule has 12 heteroatoms. The summed E-state index contributed by atoms with van der Waals surface area (Å²) in [7, 11) is 0. The Morgan fingerprint density at radius 1 is 0.881 bits per heavy atom. The Kier molecular flexibility index (Phi) is 8.53. The van der Waals surface area contributed by atoms with Gasteiger partial charge in [0.25, 0.3) is 0 Å². The van der Waals surface area contributed by atoms with Crippen molar-refractivity contribution in [2.24, 2.45) is 5.92 Å². The fourth-order valence-electron chi connectivity index (χ4n) is 5.42. The largest absolute Gasteiger partial charge is 0.508 e. The number of aliphatic carboxylic acids is 1. The first-order chi connectivity index (χ1) is 20.0. The summed E-state index contributed by atoms with van der Waals surface area (Å²) in [5.41, 5.74) is 1.63. The molecule has 0 spiro atoms. The maximum Gasteiger partial charge on any atom is 0.335 e. The summed E-state index contributed by atoms with van der Waals surface area (Å²) >= 11 is 0. The molecular weight excluding hydrogens is 556 g/mol. The van der Waals surface area contributed by atoms with Crippen LogP contribution in [-0.2, 0) is 19.1 Å². The zero-order valence-electron chi connectivity index (χ0n) is 22.0. The molecule has 0 aliphatic carbocycles. The van der Waals surface area contributed by atoms with E-state index in [0.717, 1.165) is 0 Å². The second-order valence-corrected chi connectivity index (χ2v) is 10.3. The summed E-state index contributed by atoms with van der Waals surface area (Å²) in [6, 6.07) is 16.5. The number of β-lactam (4-membered cyclic amide) rings is 1. The van der Waals surface area contributed by atoms with E-state index in [0.29, 0.717) is 16.8 Å². The van der Waals surface area contributed by atoms with Crippen LogP contribution in [0.3, 0.4) is 0 Å². The SMILES string of the molecule is O=C(O)C1OC(OC(CCC2C(=O)N(c3ccc(F)cc3)C2c2ccc(O)cc2)c2ccc(F)cc2)C(O)C(O)C1O. The standard InChI is InChI=1S/C30H29F2NO9/c31-17-5-1-15(2-6-17)22(41-30-26(37)24(35)25(36)27(42-30)29(39)40)14-13-21-23(16-3-11-20(34)12-4-16)33(28(21)38)19-9-7-18(32)8-10-19/h1-12,21-27,30,34-37H,13-14H2,(H,39,40). The highest BCUT2D eigenvalue weighted by Crippen LogP contribution is 2.47. The van der Waals surface area contributed by atoms with Gasteiger partial charge >= 0.3 is 5.97 Å². The number of aromatic hydroxyl groups is 1. The van der Waals surface area contributed by atoms with Crippen LogP contribution >= 0.6 is 0 Å². The van der Waals surface area contributed by atoms with Crippen molar-refractivity contribution in [3.05, 3.63) is 95.6 Å². The van der Waals surface area contributed by atoms with Gasteiger partial charge in [0.15, 0.2) is 12.4 Å². The number of aliphatic hydroxyl groups is 3. The second-order valence-electron chi connectivity index (χ2n) is 10.3. The number of carbonyl (C=O) groups is 2. The number of halogens is 2. The van der Waals surface area contributed by atoms with Crippen molar-refractivity contribution in [1.29, 1.82) is 0 Å². The van der Waals surface area contributed by atoms with E-state index in [1.165, 1.54) is 65.6 Å². The number of ether oxygens (including phenoxy) is 2. The van der Waals surface area contributed by atoms with E-state index in [4.69, 9.17) is 9.47 Å². The number of phenolic OH excluding ortho intramolecular Hbond substituents is 1. The van der Waals surface area contributed by atoms with E-state index in [1.807, 2.05) is 0 Å². The Balaban J connectivity index is 1.40. The molecule has 10 nitrogen and oxygen atoms in total. The number of anilines is 1. The number of hydrogen-bond acceptors (Lipinski definition) is 8. The lowest BCUT2D eigenvalue weighted by molar-refractivity contribution is -0.306. The first-order valence-corrected chi connectivity index (χ1v) is 13.3. The number of amides is 1. The highest BCUT2D eigenvalue weighted by molar-refractivity contribution is 6.03. The number of nitrogens with zero attached hydrogens (tertiary/aromatic N) is 1. The third-order valence-electron chi connectivity index (χ3n) is 7.65. The fourth-order valence-corrected chi connectivity index (χ4v) is 5.42. The van der Waals surface area contributed by atoms with Gasteiger partial charge in [0, 0.05) is 5.69 Å². The topological polar surface area (TPSA) is 157 Å². The second kappa shape index (κ2) is 12.1. The average molecular weight is 586 g/mol. The molecule has 5 N–H and O–H groups in total. The highest BCUT2D eigenvalue weighted by Gasteiger charge is 2.50. The summed E-state index contributed by atoms with van der Waals surface area (Å²) in [5, 5.41) is 49.9. The van der Waals surface area contributed by atoms with Gasteiger partial charge in [-0.25, -0.2) is 13.6 Å². The molecule has 2 fully saturated rings. The lowest BCUT2D eigenvalue weighted by Gasteiger charge is -2.48. The number of phenols is 1. The van der Waals surface area contributed by atoms with Crippen molar-refractivity contribution in [2.75, 3.05) is 4.90 Å². The van der Waals surface area contributed by atoms with Crippen LogP contribution in [0.5, 0.6) is 5.75 Å². The number of carboxylic acids is 1. The van der Waals surface area contributed by atoms with Crippen LogP contribution in [0.2, 0.25) is 0 Å². The summed E-state index contributed by atoms with van der Waals surface area (Å²) in [6.45, 7) is 0. The van der Waals surface area contributed by atoms with E-state index in [9.17, 15) is 43.9 Å². The molecule has 1 amide bonds. The van der Waals surface area contributed by atoms with Crippen molar-refractivity contribution in [3.63, 3.8) is 0 Å². The predicted molar refractivity (Wildman–Crippen MR) is 142 cm³/mol. The van der Waals surface area contributed by atoms with Gasteiger partial charge in [0.2, 0.25) is 5.91 Å². The average Bonchev–Trinajstić information content (AvgIpc) is 2.97. The number of hydrogen-bond donors (Lipinski definition) is 5. The van der Waals surface area contributed by atoms with E-state index in [2.05, 4.69) is 0 Å². The fraction of sp³-hybridized carbons (Fsp3) is 0.333. The van der Waals surface area contributed by atoms with E-state index in [-0.39, 0.29) is 24.5 Å². The third-order valence-corrected chi connectivity index (χ3v) is 7.65. The molecule has 2 heterocycles. The summed E-state index contributed by atoms with van der Waals surface area (Å²) < 4.78 is 38.5. The Bertz CT molecular complexity index is 1400. The zero-order chi connectivity index (χ0) is 30.1. The van der Waals surface area contributed by atoms with Gasteiger partial charge in [-0.3, -0.25) is 4.79 Å². The number of rotatable bonds is 9. The van der Waals surface area contributed by atoms with Gasteiger partial charge in [-0.15, -0.1) is 0 Å². The van der Waals surface area contributed by atoms with Crippen molar-refractivity contribution < 1.29 is 53.4 Å². The van der Waals surface area contributed by atoms with Gasteiger partial charge < -0.3 is 39.9 Å². The van der Waals surface area contributed by atoms with E-state index < -0.39 is 66.4 Å². The Labute approximate surface area is 239 Å². The van der Waals surface area contributed by atoms with E-state index in [1.54, 1.807) is 12.1 Å². The number of carbonyl (C=O) groups excluding carboxylic acids is 1. The van der Waals surface area contributed by atoms with Gasteiger partial charge in [0.05, 0.1) is 18.1 Å². The summed E-state index contributed by atoms with van der Waals surface area (Å²) in [6.07, 6.45) is -9.75. The molecular formula is C30H29F2NO9. The van der Waals surface area contributed by atoms with Crippen molar-refractivity contribution in [3.8, 4) is 5.75 Å². The van der Waals surface area contributed by atoms with Crippen LogP contribution < -0.4 is 4.90 Å². The maximum atomic E-state index is 13.7. The van der Waals surface area contributed by atoms with Crippen LogP contribution in [-0.4, -0.2) is 68.1 Å². The number of carboxylic acid groups (broad SMARTS) is 1. The maximum absolute atomic E-state index is 13.7. The molecule has 3 aromatic rings. The molecule has 8 atom stereocenters. The molecule has 8 unspecified atom stereocenters. The minimum atomic E-state index is -1.90. The normalized spacial score (nSPS) is 28.3. The minimum Gasteiger partial charge on any atom is -0.508 e. The quantitative estimate of drug-likeness (QED) is 0.238. The van der Waals surface area contributed by atoms with Crippen molar-refractivity contribution in [2.45, 2.75) is 55.7 Å². The van der Waals surface area contributed by atoms with Crippen molar-refractivity contribution in [1.82, 2.24) is 0 Å². The lowest BCUT2D eigenvalue weighted by Crippen LogP contribution is -2.60. The molecule has 0 bridgehead atoms. The first kappa shape index (κ1) is 29.5. The molecule has 2 saturated heterocycles. The summed E-state index contributed by atoms with van der Waals surface area (Å²) in [4.78, 5) is 26.5. The first-order valence-electron chi connectivity index (χ1n) is 13.3. The monoisotopic (exact) mass is 585 g/mol. The van der Waals surface area contributed by atoms with Gasteiger partial charge in [-0.2, -0.15) is 0 Å². The smallest absolute Gasteiger partial charge is 0.335 e. The number of aliphatic hydroxyl groups excluding tert-OH is 3. The molecule has 0 radical (unpaired) electrons. The van der Waals surface area contributed by atoms with Crippen LogP contribution in [0.1, 0.15) is 36.1 Å². The molecule has 42 heavy (non-hydrogen) atoms. The number of benzene rings is 3. The van der Waals surface area contributed by atoms with Crippen LogP contribution in [0.25, 0.3) is 0 Å². The van der Waals surface area contributed by atoms with Gasteiger partial charge in [-0.05, 0) is 72.5 Å². The molecule has 2 aliphatic rings. The van der Waals surface area contributed by atoms with Crippen molar-refractivity contribution >= 4 is 17.6 Å². The lowest BCUT2D eigenvalue weighted by atomic mass is 9.78. The molecule has 0 saturated carbocycles.